The minimum Gasteiger partial charge on any atom is -0.378 e. The summed E-state index contributed by atoms with van der Waals surface area (Å²) in [6, 6.07) is 0. The van der Waals surface area contributed by atoms with Crippen LogP contribution >= 0.6 is 0 Å². The molecule has 0 amide bonds. The largest absolute Gasteiger partial charge is 0.389 e. The predicted molar refractivity (Wildman–Crippen MR) is 111 cm³/mol. The fourth-order valence-corrected chi connectivity index (χ4v) is 5.60. The van der Waals surface area contributed by atoms with Gasteiger partial charge < -0.3 is 14.2 Å². The molecular weight excluding hydrogens is 393 g/mol. The van der Waals surface area contributed by atoms with E-state index in [9.17, 15) is 13.2 Å². The van der Waals surface area contributed by atoms with Crippen LogP contribution in [-0.2, 0) is 14.2 Å². The Balaban J connectivity index is 1.28. The van der Waals surface area contributed by atoms with E-state index in [2.05, 4.69) is 6.92 Å². The van der Waals surface area contributed by atoms with Gasteiger partial charge in [0.25, 0.3) is 0 Å². The highest BCUT2D eigenvalue weighted by molar-refractivity contribution is 4.84. The summed E-state index contributed by atoms with van der Waals surface area (Å²) in [7, 11) is 0. The topological polar surface area (TPSA) is 27.7 Å². The highest BCUT2D eigenvalue weighted by Gasteiger charge is 2.36. The number of ether oxygens (including phenoxy) is 3. The first-order chi connectivity index (χ1) is 14.4. The van der Waals surface area contributed by atoms with Gasteiger partial charge in [-0.25, -0.2) is 0 Å². The summed E-state index contributed by atoms with van der Waals surface area (Å²) in [4.78, 5) is 0. The van der Waals surface area contributed by atoms with E-state index < -0.39 is 12.6 Å². The minimum atomic E-state index is -4.06. The SMILES string of the molecule is CCCCO[C@H]1CC[C@H]([C@H]2CC[C@H]([C@H]3OC[C@H](CCCC(F)(F)F)CO3)CC2)CC1. The van der Waals surface area contributed by atoms with Gasteiger partial charge in [0.15, 0.2) is 6.29 Å². The summed E-state index contributed by atoms with van der Waals surface area (Å²) in [5, 5.41) is 0. The van der Waals surface area contributed by atoms with Gasteiger partial charge in [0.2, 0.25) is 0 Å². The number of alkyl halides is 3. The highest BCUT2D eigenvalue weighted by atomic mass is 19.4. The van der Waals surface area contributed by atoms with Crippen LogP contribution in [0.25, 0.3) is 0 Å². The van der Waals surface area contributed by atoms with Crippen molar-refractivity contribution >= 4 is 0 Å². The zero-order chi connectivity index (χ0) is 21.4. The third kappa shape index (κ3) is 7.98. The maximum Gasteiger partial charge on any atom is 0.389 e. The first-order valence-electron chi connectivity index (χ1n) is 12.4. The average molecular weight is 435 g/mol. The minimum absolute atomic E-state index is 0.106. The van der Waals surface area contributed by atoms with Crippen LogP contribution in [0.3, 0.4) is 0 Å². The van der Waals surface area contributed by atoms with E-state index >= 15 is 0 Å². The van der Waals surface area contributed by atoms with Gasteiger partial charge in [-0.2, -0.15) is 13.2 Å². The molecule has 6 heteroatoms. The second-order valence-corrected chi connectivity index (χ2v) is 9.84. The molecule has 3 aliphatic rings. The Kier molecular flexibility index (Phi) is 9.77. The Morgan fingerprint density at radius 1 is 0.800 bits per heavy atom. The molecule has 0 aromatic carbocycles. The third-order valence-corrected chi connectivity index (χ3v) is 7.50. The van der Waals surface area contributed by atoms with Crippen molar-refractivity contribution in [2.24, 2.45) is 23.7 Å². The van der Waals surface area contributed by atoms with Crippen molar-refractivity contribution in [1.29, 1.82) is 0 Å². The van der Waals surface area contributed by atoms with Crippen molar-refractivity contribution in [3.63, 3.8) is 0 Å². The molecule has 2 aliphatic carbocycles. The Morgan fingerprint density at radius 3 is 1.93 bits per heavy atom. The molecule has 3 fully saturated rings. The third-order valence-electron chi connectivity index (χ3n) is 7.50. The van der Waals surface area contributed by atoms with E-state index in [1.54, 1.807) is 0 Å². The van der Waals surface area contributed by atoms with Crippen LogP contribution in [-0.4, -0.2) is 38.4 Å². The van der Waals surface area contributed by atoms with E-state index in [0.29, 0.717) is 31.7 Å². The van der Waals surface area contributed by atoms with E-state index in [4.69, 9.17) is 14.2 Å². The average Bonchev–Trinajstić information content (AvgIpc) is 2.74. The molecule has 0 atom stereocenters. The van der Waals surface area contributed by atoms with Gasteiger partial charge in [-0.15, -0.1) is 0 Å². The number of halogens is 3. The van der Waals surface area contributed by atoms with Crippen LogP contribution in [0.2, 0.25) is 0 Å². The summed E-state index contributed by atoms with van der Waals surface area (Å²) in [5.41, 5.74) is 0. The standard InChI is InChI=1S/C24H41F3O3/c1-2-3-15-28-22-12-10-20(11-13-22)19-6-8-21(9-7-19)23-29-16-18(17-30-23)5-4-14-24(25,26)27/h18-23H,2-17H2,1H3/t18-,19-,20-,21-,22-,23-. The molecule has 3 rings (SSSR count). The summed E-state index contributed by atoms with van der Waals surface area (Å²) in [5.74, 6) is 2.24. The van der Waals surface area contributed by atoms with E-state index in [1.807, 2.05) is 0 Å². The fourth-order valence-electron chi connectivity index (χ4n) is 5.60. The first-order valence-corrected chi connectivity index (χ1v) is 12.4. The molecule has 1 aliphatic heterocycles. The monoisotopic (exact) mass is 434 g/mol. The maximum absolute atomic E-state index is 12.3. The number of hydrogen-bond donors (Lipinski definition) is 0. The molecule has 2 saturated carbocycles. The van der Waals surface area contributed by atoms with Crippen LogP contribution in [0.15, 0.2) is 0 Å². The van der Waals surface area contributed by atoms with E-state index in [-0.39, 0.29) is 18.6 Å². The zero-order valence-electron chi connectivity index (χ0n) is 18.6. The van der Waals surface area contributed by atoms with Crippen molar-refractivity contribution in [3.8, 4) is 0 Å². The van der Waals surface area contributed by atoms with E-state index in [1.165, 1.54) is 51.4 Å². The highest BCUT2D eigenvalue weighted by Crippen LogP contribution is 2.42. The molecule has 0 radical (unpaired) electrons. The first kappa shape index (κ1) is 24.3. The Hall–Kier alpha value is -0.330. The number of unbranched alkanes of at least 4 members (excludes halogenated alkanes) is 1. The lowest BCUT2D eigenvalue weighted by molar-refractivity contribution is -0.231. The van der Waals surface area contributed by atoms with Crippen molar-refractivity contribution in [3.05, 3.63) is 0 Å². The summed E-state index contributed by atoms with van der Waals surface area (Å²) < 4.78 is 54.8. The molecule has 1 saturated heterocycles. The zero-order valence-corrected chi connectivity index (χ0v) is 18.6. The number of rotatable bonds is 9. The van der Waals surface area contributed by atoms with Gasteiger partial charge in [0.1, 0.15) is 0 Å². The van der Waals surface area contributed by atoms with Crippen molar-refractivity contribution in [2.75, 3.05) is 19.8 Å². The molecular formula is C24H41F3O3. The Bertz CT molecular complexity index is 461. The van der Waals surface area contributed by atoms with Crippen LogP contribution in [0, 0.1) is 23.7 Å². The Labute approximate surface area is 180 Å². The van der Waals surface area contributed by atoms with Crippen LogP contribution in [0.5, 0.6) is 0 Å². The molecule has 1 heterocycles. The van der Waals surface area contributed by atoms with Crippen LogP contribution in [0.1, 0.15) is 90.4 Å². The summed E-state index contributed by atoms with van der Waals surface area (Å²) in [6.45, 7) is 4.22. The second-order valence-electron chi connectivity index (χ2n) is 9.84. The van der Waals surface area contributed by atoms with Crippen molar-refractivity contribution in [1.82, 2.24) is 0 Å². The fraction of sp³-hybridized carbons (Fsp3) is 1.00. The molecule has 30 heavy (non-hydrogen) atoms. The molecule has 0 unspecified atom stereocenters. The molecule has 0 N–H and O–H groups in total. The quantitative estimate of drug-likeness (QED) is 0.370. The van der Waals surface area contributed by atoms with E-state index in [0.717, 1.165) is 31.3 Å². The van der Waals surface area contributed by atoms with Crippen molar-refractivity contribution in [2.45, 2.75) is 109 Å². The summed E-state index contributed by atoms with van der Waals surface area (Å²) in [6.07, 6.45) is 8.53. The lowest BCUT2D eigenvalue weighted by atomic mass is 9.70. The molecule has 176 valence electrons. The van der Waals surface area contributed by atoms with Crippen LogP contribution in [0.4, 0.5) is 13.2 Å². The maximum atomic E-state index is 12.3. The van der Waals surface area contributed by atoms with Gasteiger partial charge in [-0.3, -0.25) is 0 Å². The molecule has 3 nitrogen and oxygen atoms in total. The van der Waals surface area contributed by atoms with Gasteiger partial charge in [0, 0.05) is 24.9 Å². The Morgan fingerprint density at radius 2 is 1.37 bits per heavy atom. The van der Waals surface area contributed by atoms with Crippen molar-refractivity contribution < 1.29 is 27.4 Å². The molecule has 0 spiro atoms. The smallest absolute Gasteiger partial charge is 0.378 e. The lowest BCUT2D eigenvalue weighted by Gasteiger charge is -2.41. The van der Waals surface area contributed by atoms with Crippen LogP contribution < -0.4 is 0 Å². The van der Waals surface area contributed by atoms with Gasteiger partial charge >= 0.3 is 6.18 Å². The molecule has 0 aromatic heterocycles. The number of hydrogen-bond acceptors (Lipinski definition) is 3. The van der Waals surface area contributed by atoms with Gasteiger partial charge in [-0.05, 0) is 82.5 Å². The predicted octanol–water partition coefficient (Wildman–Crippen LogP) is 6.89. The molecule has 0 bridgehead atoms. The normalized spacial score (nSPS) is 36.0. The summed E-state index contributed by atoms with van der Waals surface area (Å²) >= 11 is 0. The van der Waals surface area contributed by atoms with Gasteiger partial charge in [0.05, 0.1) is 19.3 Å². The lowest BCUT2D eigenvalue weighted by Crippen LogP contribution is -2.39. The second kappa shape index (κ2) is 12.1. The molecule has 0 aromatic rings. The van der Waals surface area contributed by atoms with Gasteiger partial charge in [-0.1, -0.05) is 13.3 Å².